The number of ether oxygens (including phenoxy) is 2. The highest BCUT2D eigenvalue weighted by Gasteiger charge is 2.33. The number of hydrogen-bond donors (Lipinski definition) is 0. The first-order valence-electron chi connectivity index (χ1n) is 10.7. The molecule has 36 heavy (non-hydrogen) atoms. The van der Waals surface area contributed by atoms with E-state index in [4.69, 9.17) is 9.47 Å². The van der Waals surface area contributed by atoms with Gasteiger partial charge in [0.1, 0.15) is 5.82 Å². The van der Waals surface area contributed by atoms with E-state index in [1.165, 1.54) is 35.8 Å². The number of halogens is 3. The minimum atomic E-state index is -0.856. The van der Waals surface area contributed by atoms with Gasteiger partial charge in [-0.2, -0.15) is 0 Å². The van der Waals surface area contributed by atoms with Crippen molar-refractivity contribution in [2.24, 2.45) is 4.99 Å². The number of hydrogen-bond acceptors (Lipinski definition) is 7. The highest BCUT2D eigenvalue weighted by molar-refractivity contribution is 9.11. The Hall–Kier alpha value is -2.89. The smallest absolute Gasteiger partial charge is 0.338 e. The third kappa shape index (κ3) is 5.14. The number of allylic oxidation sites excluding steroid dienone is 1. The molecule has 0 amide bonds. The number of carbonyl (C=O) groups excluding carboxylic acids is 2. The summed E-state index contributed by atoms with van der Waals surface area (Å²) in [5.41, 5.74) is 1.21. The first-order valence-corrected chi connectivity index (χ1v) is 13.1. The van der Waals surface area contributed by atoms with E-state index in [0.29, 0.717) is 35.1 Å². The molecule has 3 aromatic rings. The van der Waals surface area contributed by atoms with Gasteiger partial charge in [0.05, 0.1) is 32.9 Å². The number of benzene rings is 2. The molecule has 0 radical (unpaired) electrons. The van der Waals surface area contributed by atoms with Crippen LogP contribution in [0.3, 0.4) is 0 Å². The van der Waals surface area contributed by atoms with Gasteiger partial charge in [-0.15, -0.1) is 0 Å². The maximum atomic E-state index is 13.7. The number of esters is 2. The monoisotopic (exact) mass is 636 g/mol. The van der Waals surface area contributed by atoms with E-state index in [1.54, 1.807) is 32.1 Å². The van der Waals surface area contributed by atoms with Crippen molar-refractivity contribution in [1.82, 2.24) is 4.57 Å². The molecule has 1 aliphatic rings. The summed E-state index contributed by atoms with van der Waals surface area (Å²) >= 11 is 7.94. The van der Waals surface area contributed by atoms with Crippen molar-refractivity contribution in [3.63, 3.8) is 0 Å². The highest BCUT2D eigenvalue weighted by Crippen LogP contribution is 2.34. The van der Waals surface area contributed by atoms with Crippen molar-refractivity contribution in [1.29, 1.82) is 0 Å². The molecule has 1 aliphatic heterocycles. The van der Waals surface area contributed by atoms with Gasteiger partial charge in [0.2, 0.25) is 0 Å². The van der Waals surface area contributed by atoms with Crippen LogP contribution in [0.2, 0.25) is 0 Å². The Balaban J connectivity index is 1.98. The first-order chi connectivity index (χ1) is 17.1. The molecule has 11 heteroatoms. The Morgan fingerprint density at radius 1 is 1.22 bits per heavy atom. The fourth-order valence-corrected chi connectivity index (χ4v) is 6.21. The lowest BCUT2D eigenvalue weighted by molar-refractivity contribution is -0.139. The molecule has 2 heterocycles. The SMILES string of the molecule is CCOC(=O)C1=C(C)N=c2s/c(=C\c3cc(Br)cc(Br)c3OC(C)=O)c(=O)n2[C@H]1c1ccc(F)cc1. The molecule has 1 aromatic heterocycles. The predicted molar refractivity (Wildman–Crippen MR) is 140 cm³/mol. The van der Waals surface area contributed by atoms with Crippen LogP contribution in [0.1, 0.15) is 37.9 Å². The zero-order valence-electron chi connectivity index (χ0n) is 19.3. The molecule has 0 saturated heterocycles. The van der Waals surface area contributed by atoms with Crippen LogP contribution in [0.4, 0.5) is 4.39 Å². The van der Waals surface area contributed by atoms with Crippen molar-refractivity contribution in [3.8, 4) is 5.75 Å². The summed E-state index contributed by atoms with van der Waals surface area (Å²) < 4.78 is 27.2. The maximum Gasteiger partial charge on any atom is 0.338 e. The minimum absolute atomic E-state index is 0.146. The average Bonchev–Trinajstić information content (AvgIpc) is 3.10. The Morgan fingerprint density at radius 2 is 1.92 bits per heavy atom. The summed E-state index contributed by atoms with van der Waals surface area (Å²) in [6.45, 7) is 4.79. The summed E-state index contributed by atoms with van der Waals surface area (Å²) in [7, 11) is 0. The van der Waals surface area contributed by atoms with E-state index in [1.807, 2.05) is 0 Å². The third-order valence-electron chi connectivity index (χ3n) is 5.27. The Kier molecular flexibility index (Phi) is 7.72. The number of rotatable bonds is 5. The second-order valence-corrected chi connectivity index (χ2v) is 10.5. The Morgan fingerprint density at radius 3 is 2.56 bits per heavy atom. The largest absolute Gasteiger partial charge is 0.463 e. The summed E-state index contributed by atoms with van der Waals surface area (Å²) in [6.07, 6.45) is 1.60. The molecule has 7 nitrogen and oxygen atoms in total. The van der Waals surface area contributed by atoms with Gasteiger partial charge in [-0.1, -0.05) is 39.4 Å². The number of carbonyl (C=O) groups is 2. The molecule has 0 unspecified atom stereocenters. The van der Waals surface area contributed by atoms with Gasteiger partial charge in [-0.25, -0.2) is 14.2 Å². The van der Waals surface area contributed by atoms with Crippen molar-refractivity contribution in [3.05, 3.63) is 93.2 Å². The van der Waals surface area contributed by atoms with Crippen LogP contribution in [0, 0.1) is 5.82 Å². The van der Waals surface area contributed by atoms with Gasteiger partial charge in [-0.05, 0) is 65.7 Å². The topological polar surface area (TPSA) is 87.0 Å². The Labute approximate surface area is 225 Å². The lowest BCUT2D eigenvalue weighted by Gasteiger charge is -2.24. The molecule has 0 aliphatic carbocycles. The molecule has 186 valence electrons. The van der Waals surface area contributed by atoms with Crippen LogP contribution in [0.15, 0.2) is 66.4 Å². The fraction of sp³-hybridized carbons (Fsp3) is 0.200. The first kappa shape index (κ1) is 26.2. The Bertz CT molecular complexity index is 1590. The summed E-state index contributed by atoms with van der Waals surface area (Å²) in [5.74, 6) is -1.30. The van der Waals surface area contributed by atoms with Crippen LogP contribution in [-0.4, -0.2) is 23.1 Å². The van der Waals surface area contributed by atoms with Gasteiger partial charge in [0.15, 0.2) is 10.6 Å². The molecule has 0 N–H and O–H groups in total. The molecule has 0 fully saturated rings. The highest BCUT2D eigenvalue weighted by atomic mass is 79.9. The fourth-order valence-electron chi connectivity index (χ4n) is 3.83. The van der Waals surface area contributed by atoms with Crippen molar-refractivity contribution < 1.29 is 23.5 Å². The molecule has 0 saturated carbocycles. The lowest BCUT2D eigenvalue weighted by atomic mass is 9.96. The predicted octanol–water partition coefficient (Wildman–Crippen LogP) is 4.39. The van der Waals surface area contributed by atoms with E-state index in [-0.39, 0.29) is 17.9 Å². The summed E-state index contributed by atoms with van der Waals surface area (Å²) in [4.78, 5) is 43.2. The van der Waals surface area contributed by atoms with Gasteiger partial charge < -0.3 is 9.47 Å². The third-order valence-corrected chi connectivity index (χ3v) is 7.30. The zero-order chi connectivity index (χ0) is 26.1. The number of thiazole rings is 1. The summed E-state index contributed by atoms with van der Waals surface area (Å²) in [6, 6.07) is 8.18. The van der Waals surface area contributed by atoms with Gasteiger partial charge in [0.25, 0.3) is 5.56 Å². The van der Waals surface area contributed by atoms with E-state index in [9.17, 15) is 18.8 Å². The van der Waals surface area contributed by atoms with Crippen LogP contribution in [-0.2, 0) is 14.3 Å². The quantitative estimate of drug-likeness (QED) is 0.306. The normalized spacial score (nSPS) is 15.4. The van der Waals surface area contributed by atoms with Crippen LogP contribution >= 0.6 is 43.2 Å². The van der Waals surface area contributed by atoms with Crippen molar-refractivity contribution in [2.75, 3.05) is 6.61 Å². The van der Waals surface area contributed by atoms with Crippen LogP contribution in [0.5, 0.6) is 5.75 Å². The number of aromatic nitrogens is 1. The van der Waals surface area contributed by atoms with Gasteiger partial charge in [0, 0.05) is 17.0 Å². The molecular weight excluding hydrogens is 619 g/mol. The molecule has 1 atom stereocenters. The molecule has 4 rings (SSSR count). The van der Waals surface area contributed by atoms with E-state index < -0.39 is 29.4 Å². The molecule has 0 bridgehead atoms. The standard InChI is InChI=1S/C25H19Br2FN2O5S/c1-4-34-24(33)20-12(2)29-25-30(21(20)14-5-7-17(28)8-6-14)23(32)19(36-25)10-15-9-16(26)11-18(27)22(15)35-13(3)31/h5-11,21H,4H2,1-3H3/b19-10-/t21-/m0/s1. The van der Waals surface area contributed by atoms with E-state index in [0.717, 1.165) is 11.3 Å². The second-order valence-electron chi connectivity index (χ2n) is 7.75. The van der Waals surface area contributed by atoms with Gasteiger partial charge in [-0.3, -0.25) is 14.2 Å². The van der Waals surface area contributed by atoms with Crippen molar-refractivity contribution >= 4 is 61.2 Å². The maximum absolute atomic E-state index is 13.7. The van der Waals surface area contributed by atoms with E-state index >= 15 is 0 Å². The van der Waals surface area contributed by atoms with Crippen LogP contribution < -0.4 is 19.6 Å². The van der Waals surface area contributed by atoms with E-state index in [2.05, 4.69) is 36.9 Å². The minimum Gasteiger partial charge on any atom is -0.463 e. The van der Waals surface area contributed by atoms with Crippen LogP contribution in [0.25, 0.3) is 6.08 Å². The molecule has 0 spiro atoms. The van der Waals surface area contributed by atoms with Gasteiger partial charge >= 0.3 is 11.9 Å². The zero-order valence-corrected chi connectivity index (χ0v) is 23.3. The number of fused-ring (bicyclic) bond motifs is 1. The molecular formula is C25H19Br2FN2O5S. The molecule has 2 aromatic carbocycles. The second kappa shape index (κ2) is 10.6. The summed E-state index contributed by atoms with van der Waals surface area (Å²) in [5, 5.41) is 0. The number of nitrogens with zero attached hydrogens (tertiary/aromatic N) is 2. The average molecular weight is 638 g/mol. The lowest BCUT2D eigenvalue weighted by Crippen LogP contribution is -2.39. The van der Waals surface area contributed by atoms with Crippen molar-refractivity contribution in [2.45, 2.75) is 26.8 Å².